The van der Waals surface area contributed by atoms with Crippen LogP contribution in [0.2, 0.25) is 0 Å². The van der Waals surface area contributed by atoms with Crippen molar-refractivity contribution < 1.29 is 19.1 Å². The fraction of sp³-hybridized carbons (Fsp3) is 0.529. The lowest BCUT2D eigenvalue weighted by molar-refractivity contribution is -0.148. The first-order valence-electron chi connectivity index (χ1n) is 7.85. The average Bonchev–Trinajstić information content (AvgIpc) is 2.60. The molecule has 0 N–H and O–H groups in total. The summed E-state index contributed by atoms with van der Waals surface area (Å²) in [4.78, 5) is 26.4. The lowest BCUT2D eigenvalue weighted by Gasteiger charge is -2.36. The molecule has 0 radical (unpaired) electrons. The highest BCUT2D eigenvalue weighted by Gasteiger charge is 2.36. The molecule has 1 heterocycles. The Bertz CT molecular complexity index is 566. The molecule has 1 saturated carbocycles. The number of benzene rings is 1. The number of anilines is 1. The van der Waals surface area contributed by atoms with E-state index in [2.05, 4.69) is 0 Å². The van der Waals surface area contributed by atoms with Crippen LogP contribution in [0.1, 0.15) is 32.1 Å². The van der Waals surface area contributed by atoms with Gasteiger partial charge in [-0.1, -0.05) is 31.4 Å². The SMILES string of the molecule is COC(=O)[C@H]1CN(C(=O)C2CCCCC2)c2ccccc2O1. The molecule has 0 unspecified atom stereocenters. The molecule has 5 heteroatoms. The molecule has 118 valence electrons. The van der Waals surface area contributed by atoms with Crippen molar-refractivity contribution in [1.29, 1.82) is 0 Å². The van der Waals surface area contributed by atoms with Gasteiger partial charge >= 0.3 is 5.97 Å². The minimum absolute atomic E-state index is 0.0539. The van der Waals surface area contributed by atoms with Crippen molar-refractivity contribution in [3.05, 3.63) is 24.3 Å². The molecule has 5 nitrogen and oxygen atoms in total. The van der Waals surface area contributed by atoms with Crippen LogP contribution in [-0.2, 0) is 14.3 Å². The standard InChI is InChI=1S/C17H21NO4/c1-21-17(20)15-11-18(13-9-5-6-10-14(13)22-15)16(19)12-7-3-2-4-8-12/h5-6,9-10,12,15H,2-4,7-8,11H2,1H3/t15-/m1/s1. The number of ether oxygens (including phenoxy) is 2. The quantitative estimate of drug-likeness (QED) is 0.788. The number of hydrogen-bond acceptors (Lipinski definition) is 4. The van der Waals surface area contributed by atoms with Crippen molar-refractivity contribution >= 4 is 17.6 Å². The van der Waals surface area contributed by atoms with E-state index in [0.717, 1.165) is 31.4 Å². The molecule has 1 aromatic carbocycles. The highest BCUT2D eigenvalue weighted by molar-refractivity contribution is 5.98. The molecule has 3 rings (SSSR count). The molecule has 1 aliphatic heterocycles. The largest absolute Gasteiger partial charge is 0.475 e. The molecule has 1 amide bonds. The van der Waals surface area contributed by atoms with Gasteiger partial charge in [0.05, 0.1) is 19.3 Å². The van der Waals surface area contributed by atoms with Crippen LogP contribution in [0.4, 0.5) is 5.69 Å². The average molecular weight is 303 g/mol. The predicted molar refractivity (Wildman–Crippen MR) is 81.8 cm³/mol. The van der Waals surface area contributed by atoms with Crippen molar-refractivity contribution in [2.75, 3.05) is 18.6 Å². The first-order chi connectivity index (χ1) is 10.7. The molecule has 22 heavy (non-hydrogen) atoms. The second-order valence-electron chi connectivity index (χ2n) is 5.88. The molecule has 0 bridgehead atoms. The van der Waals surface area contributed by atoms with Crippen LogP contribution in [0.25, 0.3) is 0 Å². The monoisotopic (exact) mass is 303 g/mol. The number of carbonyl (C=O) groups is 2. The summed E-state index contributed by atoms with van der Waals surface area (Å²) in [5, 5.41) is 0. The van der Waals surface area contributed by atoms with Gasteiger partial charge in [-0.15, -0.1) is 0 Å². The fourth-order valence-corrected chi connectivity index (χ4v) is 3.27. The lowest BCUT2D eigenvalue weighted by Crippen LogP contribution is -2.49. The smallest absolute Gasteiger partial charge is 0.348 e. The van der Waals surface area contributed by atoms with Crippen LogP contribution in [0.15, 0.2) is 24.3 Å². The summed E-state index contributed by atoms with van der Waals surface area (Å²) in [7, 11) is 1.33. The molecule has 1 atom stereocenters. The van der Waals surface area contributed by atoms with Gasteiger partial charge in [0.2, 0.25) is 12.0 Å². The first kappa shape index (κ1) is 14.9. The van der Waals surface area contributed by atoms with Crippen molar-refractivity contribution in [3.63, 3.8) is 0 Å². The third-order valence-electron chi connectivity index (χ3n) is 4.46. The third-order valence-corrected chi connectivity index (χ3v) is 4.46. The number of esters is 1. The fourth-order valence-electron chi connectivity index (χ4n) is 3.27. The summed E-state index contributed by atoms with van der Waals surface area (Å²) in [5.41, 5.74) is 0.748. The van der Waals surface area contributed by atoms with Crippen molar-refractivity contribution in [2.45, 2.75) is 38.2 Å². The Hall–Kier alpha value is -2.04. The molecule has 1 fully saturated rings. The van der Waals surface area contributed by atoms with Gasteiger partial charge in [0.1, 0.15) is 5.75 Å². The van der Waals surface area contributed by atoms with Crippen molar-refractivity contribution in [2.24, 2.45) is 5.92 Å². The van der Waals surface area contributed by atoms with E-state index in [9.17, 15) is 9.59 Å². The second kappa shape index (κ2) is 6.38. The Balaban J connectivity index is 1.87. The third kappa shape index (κ3) is 2.80. The van der Waals surface area contributed by atoms with E-state index >= 15 is 0 Å². The molecule has 2 aliphatic rings. The maximum absolute atomic E-state index is 12.9. The topological polar surface area (TPSA) is 55.8 Å². The van der Waals surface area contributed by atoms with E-state index in [1.807, 2.05) is 18.2 Å². The number of hydrogen-bond donors (Lipinski definition) is 0. The summed E-state index contributed by atoms with van der Waals surface area (Å²) < 4.78 is 10.5. The highest BCUT2D eigenvalue weighted by Crippen LogP contribution is 2.36. The number of carbonyl (C=O) groups excluding carboxylic acids is 2. The van der Waals surface area contributed by atoms with Gasteiger partial charge in [0.25, 0.3) is 0 Å². The predicted octanol–water partition coefficient (Wildman–Crippen LogP) is 2.53. The second-order valence-corrected chi connectivity index (χ2v) is 5.88. The van der Waals surface area contributed by atoms with E-state index in [-0.39, 0.29) is 18.4 Å². The van der Waals surface area contributed by atoms with Crippen molar-refractivity contribution in [1.82, 2.24) is 0 Å². The van der Waals surface area contributed by atoms with E-state index in [4.69, 9.17) is 9.47 Å². The summed E-state index contributed by atoms with van der Waals surface area (Å²) in [5.74, 6) is 0.270. The van der Waals surface area contributed by atoms with Crippen LogP contribution < -0.4 is 9.64 Å². The zero-order chi connectivity index (χ0) is 15.5. The molecular formula is C17H21NO4. The Kier molecular flexibility index (Phi) is 4.32. The number of methoxy groups -OCH3 is 1. The van der Waals surface area contributed by atoms with Gasteiger partial charge in [-0.25, -0.2) is 4.79 Å². The number of amides is 1. The summed E-state index contributed by atoms with van der Waals surface area (Å²) in [6.07, 6.45) is 4.51. The maximum atomic E-state index is 12.9. The molecule has 1 aliphatic carbocycles. The van der Waals surface area contributed by atoms with Gasteiger partial charge in [-0.2, -0.15) is 0 Å². The molecular weight excluding hydrogens is 282 g/mol. The summed E-state index contributed by atoms with van der Waals surface area (Å²) >= 11 is 0. The Morgan fingerprint density at radius 2 is 1.91 bits per heavy atom. The number of fused-ring (bicyclic) bond motifs is 1. The zero-order valence-corrected chi connectivity index (χ0v) is 12.8. The zero-order valence-electron chi connectivity index (χ0n) is 12.8. The number of para-hydroxylation sites is 2. The van der Waals surface area contributed by atoms with Crippen LogP contribution in [0.5, 0.6) is 5.75 Å². The van der Waals surface area contributed by atoms with Gasteiger partial charge in [-0.3, -0.25) is 4.79 Å². The van der Waals surface area contributed by atoms with Gasteiger partial charge in [-0.05, 0) is 25.0 Å². The normalized spacial score (nSPS) is 21.7. The first-order valence-corrected chi connectivity index (χ1v) is 7.85. The summed E-state index contributed by atoms with van der Waals surface area (Å²) in [6, 6.07) is 7.36. The van der Waals surface area contributed by atoms with Gasteiger partial charge in [0.15, 0.2) is 0 Å². The maximum Gasteiger partial charge on any atom is 0.348 e. The minimum atomic E-state index is -0.757. The van der Waals surface area contributed by atoms with Gasteiger partial charge < -0.3 is 14.4 Å². The lowest BCUT2D eigenvalue weighted by atomic mass is 9.88. The van der Waals surface area contributed by atoms with Crippen molar-refractivity contribution in [3.8, 4) is 5.75 Å². The Morgan fingerprint density at radius 1 is 1.18 bits per heavy atom. The van der Waals surface area contributed by atoms with Crippen LogP contribution in [0.3, 0.4) is 0 Å². The molecule has 0 saturated heterocycles. The molecule has 0 spiro atoms. The van der Waals surface area contributed by atoms with E-state index in [1.165, 1.54) is 13.5 Å². The van der Waals surface area contributed by atoms with E-state index < -0.39 is 12.1 Å². The highest BCUT2D eigenvalue weighted by atomic mass is 16.6. The molecule has 1 aromatic rings. The van der Waals surface area contributed by atoms with E-state index in [1.54, 1.807) is 11.0 Å². The number of rotatable bonds is 2. The van der Waals surface area contributed by atoms with Crippen LogP contribution in [0, 0.1) is 5.92 Å². The van der Waals surface area contributed by atoms with E-state index in [0.29, 0.717) is 5.75 Å². The minimum Gasteiger partial charge on any atom is -0.475 e. The Morgan fingerprint density at radius 3 is 2.64 bits per heavy atom. The van der Waals surface area contributed by atoms with Gasteiger partial charge in [0, 0.05) is 5.92 Å². The summed E-state index contributed by atoms with van der Waals surface area (Å²) in [6.45, 7) is 0.221. The Labute approximate surface area is 130 Å². The van der Waals surface area contributed by atoms with Crippen LogP contribution in [-0.4, -0.2) is 31.6 Å². The number of nitrogens with zero attached hydrogens (tertiary/aromatic N) is 1. The van der Waals surface area contributed by atoms with Crippen LogP contribution >= 0.6 is 0 Å². The molecule has 0 aromatic heterocycles.